The maximum atomic E-state index is 12.9. The first-order valence-corrected chi connectivity index (χ1v) is 13.6. The van der Waals surface area contributed by atoms with Gasteiger partial charge < -0.3 is 9.47 Å². The van der Waals surface area contributed by atoms with Crippen LogP contribution < -0.4 is 9.47 Å². The molecule has 0 aromatic heterocycles. The number of hydrogen-bond acceptors (Lipinski definition) is 5. The van der Waals surface area contributed by atoms with E-state index in [1.807, 2.05) is 43.3 Å². The van der Waals surface area contributed by atoms with Crippen molar-refractivity contribution in [3.63, 3.8) is 0 Å². The minimum Gasteiger partial charge on any atom is -0.490 e. The maximum absolute atomic E-state index is 12.9. The number of hydrogen-bond donors (Lipinski definition) is 0. The Morgan fingerprint density at radius 3 is 2.41 bits per heavy atom. The average Bonchev–Trinajstić information content (AvgIpc) is 3.13. The molecule has 0 spiro atoms. The number of thioether (sulfide) groups is 1. The van der Waals surface area contributed by atoms with Crippen LogP contribution in [0, 0.1) is 0 Å². The second-order valence-corrected chi connectivity index (χ2v) is 10.4. The minimum atomic E-state index is -0.308. The van der Waals surface area contributed by atoms with Crippen LogP contribution in [-0.2, 0) is 17.8 Å². The first kappa shape index (κ1) is 27.4. The summed E-state index contributed by atoms with van der Waals surface area (Å²) < 4.78 is 11.7. The van der Waals surface area contributed by atoms with E-state index in [4.69, 9.17) is 44.3 Å². The Kier molecular flexibility index (Phi) is 9.43. The lowest BCUT2D eigenvalue weighted by atomic mass is 10.1. The van der Waals surface area contributed by atoms with Gasteiger partial charge in [0.15, 0.2) is 11.5 Å². The predicted octanol–water partition coefficient (Wildman–Crippen LogP) is 8.29. The fourth-order valence-corrected chi connectivity index (χ4v) is 5.25. The van der Waals surface area contributed by atoms with Crippen LogP contribution in [0.15, 0.2) is 65.6 Å². The molecule has 9 heteroatoms. The summed E-state index contributed by atoms with van der Waals surface area (Å²) in [4.78, 5) is 27.1. The largest absolute Gasteiger partial charge is 0.490 e. The van der Waals surface area contributed by atoms with Crippen molar-refractivity contribution in [3.05, 3.63) is 97.3 Å². The molecule has 2 amide bonds. The van der Waals surface area contributed by atoms with E-state index in [0.717, 1.165) is 23.7 Å². The zero-order chi connectivity index (χ0) is 26.4. The van der Waals surface area contributed by atoms with E-state index in [-0.39, 0.29) is 17.8 Å². The molecule has 0 bridgehead atoms. The average molecular weight is 577 g/mol. The van der Waals surface area contributed by atoms with Crippen LogP contribution in [0.5, 0.6) is 11.5 Å². The van der Waals surface area contributed by atoms with Crippen molar-refractivity contribution in [3.8, 4) is 11.5 Å². The van der Waals surface area contributed by atoms with E-state index in [2.05, 4.69) is 0 Å². The standard InChI is InChI=1S/C28H24Cl3NO4S/c1-2-35-24-15-20(14-23(31)26(24)36-17-19-10-11-21(29)22(30)13-19)16-25-27(33)32(28(34)37-25)12-6-9-18-7-4-3-5-8-18/h3-5,7-8,10-11,13-16H,2,6,9,12,17H2,1H3/b25-16+. The van der Waals surface area contributed by atoms with Gasteiger partial charge >= 0.3 is 0 Å². The Hall–Kier alpha value is -2.64. The highest BCUT2D eigenvalue weighted by atomic mass is 35.5. The number of halogens is 3. The van der Waals surface area contributed by atoms with Crippen LogP contribution in [-0.4, -0.2) is 29.2 Å². The van der Waals surface area contributed by atoms with E-state index < -0.39 is 0 Å². The highest BCUT2D eigenvalue weighted by Gasteiger charge is 2.34. The number of imide groups is 1. The van der Waals surface area contributed by atoms with Crippen molar-refractivity contribution < 1.29 is 19.1 Å². The molecule has 0 atom stereocenters. The molecular formula is C28H24Cl3NO4S. The Morgan fingerprint density at radius 2 is 1.68 bits per heavy atom. The lowest BCUT2D eigenvalue weighted by Gasteiger charge is -2.15. The Labute approximate surface area is 235 Å². The summed E-state index contributed by atoms with van der Waals surface area (Å²) in [5, 5.41) is 0.938. The topological polar surface area (TPSA) is 55.8 Å². The number of aryl methyl sites for hydroxylation is 1. The van der Waals surface area contributed by atoms with E-state index in [1.165, 1.54) is 10.5 Å². The van der Waals surface area contributed by atoms with Gasteiger partial charge in [0.1, 0.15) is 6.61 Å². The van der Waals surface area contributed by atoms with Crippen molar-refractivity contribution in [1.29, 1.82) is 0 Å². The molecule has 1 fully saturated rings. The van der Waals surface area contributed by atoms with Crippen molar-refractivity contribution in [2.24, 2.45) is 0 Å². The second-order valence-electron chi connectivity index (χ2n) is 8.22. The van der Waals surface area contributed by atoms with Gasteiger partial charge in [-0.15, -0.1) is 0 Å². The first-order valence-electron chi connectivity index (χ1n) is 11.7. The molecule has 0 aliphatic carbocycles. The summed E-state index contributed by atoms with van der Waals surface area (Å²) in [6, 6.07) is 18.6. The molecule has 1 saturated heterocycles. The summed E-state index contributed by atoms with van der Waals surface area (Å²) in [6.45, 7) is 2.81. The monoisotopic (exact) mass is 575 g/mol. The van der Waals surface area contributed by atoms with Gasteiger partial charge in [0, 0.05) is 6.54 Å². The number of ether oxygens (including phenoxy) is 2. The van der Waals surface area contributed by atoms with Gasteiger partial charge in [-0.05, 0) is 78.6 Å². The Balaban J connectivity index is 1.47. The molecular weight excluding hydrogens is 553 g/mol. The number of nitrogens with zero attached hydrogens (tertiary/aromatic N) is 1. The van der Waals surface area contributed by atoms with Crippen LogP contribution >= 0.6 is 46.6 Å². The van der Waals surface area contributed by atoms with Crippen molar-refractivity contribution in [2.75, 3.05) is 13.2 Å². The van der Waals surface area contributed by atoms with Crippen molar-refractivity contribution >= 4 is 63.8 Å². The molecule has 0 radical (unpaired) electrons. The van der Waals surface area contributed by atoms with Crippen molar-refractivity contribution in [1.82, 2.24) is 4.90 Å². The summed E-state index contributed by atoms with van der Waals surface area (Å²) in [7, 11) is 0. The molecule has 1 aliphatic heterocycles. The molecule has 37 heavy (non-hydrogen) atoms. The number of amides is 2. The van der Waals surface area contributed by atoms with E-state index in [9.17, 15) is 9.59 Å². The van der Waals surface area contributed by atoms with E-state index >= 15 is 0 Å². The van der Waals surface area contributed by atoms with Crippen LogP contribution in [0.2, 0.25) is 15.1 Å². The summed E-state index contributed by atoms with van der Waals surface area (Å²) >= 11 is 19.6. The number of carbonyl (C=O) groups excluding carboxylic acids is 2. The molecule has 3 aromatic rings. The molecule has 192 valence electrons. The lowest BCUT2D eigenvalue weighted by Crippen LogP contribution is -2.29. The fraction of sp³-hybridized carbons (Fsp3) is 0.214. The summed E-state index contributed by atoms with van der Waals surface area (Å²) in [5.74, 6) is 0.501. The van der Waals surface area contributed by atoms with Gasteiger partial charge in [0.2, 0.25) is 0 Å². The van der Waals surface area contributed by atoms with Crippen LogP contribution in [0.25, 0.3) is 6.08 Å². The lowest BCUT2D eigenvalue weighted by molar-refractivity contribution is -0.122. The molecule has 0 unspecified atom stereocenters. The zero-order valence-corrected chi connectivity index (χ0v) is 23.1. The van der Waals surface area contributed by atoms with Gasteiger partial charge in [-0.25, -0.2) is 0 Å². The third-order valence-corrected chi connectivity index (χ3v) is 7.49. The number of rotatable bonds is 10. The Morgan fingerprint density at radius 1 is 0.892 bits per heavy atom. The minimum absolute atomic E-state index is 0.206. The Bertz CT molecular complexity index is 1330. The number of benzene rings is 3. The van der Waals surface area contributed by atoms with Gasteiger partial charge in [0.05, 0.1) is 26.6 Å². The third-order valence-electron chi connectivity index (χ3n) is 5.56. The van der Waals surface area contributed by atoms with Gasteiger partial charge in [0.25, 0.3) is 11.1 Å². The fourth-order valence-electron chi connectivity index (χ4n) is 3.79. The van der Waals surface area contributed by atoms with Crippen LogP contribution in [0.3, 0.4) is 0 Å². The molecule has 1 heterocycles. The first-order chi connectivity index (χ1) is 17.9. The second kappa shape index (κ2) is 12.7. The number of carbonyl (C=O) groups is 2. The van der Waals surface area contributed by atoms with Crippen LogP contribution in [0.4, 0.5) is 4.79 Å². The molecule has 4 rings (SSSR count). The molecule has 1 aliphatic rings. The SMILES string of the molecule is CCOc1cc(/C=C2/SC(=O)N(CCCc3ccccc3)C2=O)cc(Cl)c1OCc1ccc(Cl)c(Cl)c1. The highest BCUT2D eigenvalue weighted by molar-refractivity contribution is 8.18. The molecule has 0 N–H and O–H groups in total. The van der Waals surface area contributed by atoms with Gasteiger partial charge in [-0.2, -0.15) is 0 Å². The summed E-state index contributed by atoms with van der Waals surface area (Å²) in [6.07, 6.45) is 3.14. The normalized spacial score (nSPS) is 14.5. The van der Waals surface area contributed by atoms with E-state index in [1.54, 1.807) is 30.3 Å². The van der Waals surface area contributed by atoms with E-state index in [0.29, 0.717) is 56.6 Å². The zero-order valence-electron chi connectivity index (χ0n) is 20.0. The molecule has 5 nitrogen and oxygen atoms in total. The predicted molar refractivity (Wildman–Crippen MR) is 151 cm³/mol. The smallest absolute Gasteiger partial charge is 0.293 e. The third kappa shape index (κ3) is 7.02. The van der Waals surface area contributed by atoms with Crippen LogP contribution in [0.1, 0.15) is 30.0 Å². The molecule has 0 saturated carbocycles. The van der Waals surface area contributed by atoms with Gasteiger partial charge in [-0.1, -0.05) is 71.2 Å². The summed E-state index contributed by atoms with van der Waals surface area (Å²) in [5.41, 5.74) is 2.62. The van der Waals surface area contributed by atoms with Gasteiger partial charge in [-0.3, -0.25) is 14.5 Å². The maximum Gasteiger partial charge on any atom is 0.293 e. The molecule has 3 aromatic carbocycles. The highest BCUT2D eigenvalue weighted by Crippen LogP contribution is 2.40. The van der Waals surface area contributed by atoms with Crippen molar-refractivity contribution in [2.45, 2.75) is 26.4 Å². The quantitative estimate of drug-likeness (QED) is 0.227.